The topological polar surface area (TPSA) is 105 Å². The molecule has 34 heavy (non-hydrogen) atoms. The number of hydrogen-bond donors (Lipinski definition) is 0. The van der Waals surface area contributed by atoms with Gasteiger partial charge in [0, 0.05) is 12.1 Å². The van der Waals surface area contributed by atoms with Crippen molar-refractivity contribution >= 4 is 29.1 Å². The Hall–Kier alpha value is -4.53. The Labute approximate surface area is 195 Å². The van der Waals surface area contributed by atoms with E-state index in [9.17, 15) is 19.7 Å². The zero-order valence-electron chi connectivity index (χ0n) is 18.0. The minimum absolute atomic E-state index is 0.0501. The summed E-state index contributed by atoms with van der Waals surface area (Å²) in [5.41, 5.74) is 2.75. The first-order valence-electron chi connectivity index (χ1n) is 10.8. The molecule has 9 nitrogen and oxygen atoms in total. The van der Waals surface area contributed by atoms with Crippen LogP contribution in [0.5, 0.6) is 0 Å². The number of ether oxygens (including phenoxy) is 1. The van der Waals surface area contributed by atoms with E-state index < -0.39 is 28.9 Å². The van der Waals surface area contributed by atoms with Crippen LogP contribution in [-0.4, -0.2) is 46.7 Å². The smallest absolute Gasteiger partial charge is 0.416 e. The number of hydrogen-bond acceptors (Lipinski definition) is 7. The zero-order chi connectivity index (χ0) is 23.7. The highest BCUT2D eigenvalue weighted by Gasteiger charge is 2.48. The number of nitro groups is 1. The number of rotatable bonds is 5. The van der Waals surface area contributed by atoms with Crippen molar-refractivity contribution in [1.82, 2.24) is 4.90 Å². The molecule has 170 valence electrons. The van der Waals surface area contributed by atoms with Crippen molar-refractivity contribution in [2.45, 2.75) is 12.0 Å². The number of cyclic esters (lactones) is 1. The van der Waals surface area contributed by atoms with Crippen LogP contribution < -0.4 is 5.01 Å². The molecule has 0 N–H and O–H groups in total. The molecule has 0 aromatic heterocycles. The molecule has 0 saturated carbocycles. The molecule has 1 saturated heterocycles. The van der Waals surface area contributed by atoms with Gasteiger partial charge in [-0.1, -0.05) is 60.7 Å². The van der Waals surface area contributed by atoms with Gasteiger partial charge in [-0.3, -0.25) is 19.9 Å². The number of anilines is 1. The average molecular weight is 456 g/mol. The van der Waals surface area contributed by atoms with Crippen LogP contribution in [0, 0.1) is 10.1 Å². The third-order valence-electron chi connectivity index (χ3n) is 5.92. The summed E-state index contributed by atoms with van der Waals surface area (Å²) in [6.07, 6.45) is -0.686. The maximum Gasteiger partial charge on any atom is 0.416 e. The van der Waals surface area contributed by atoms with Gasteiger partial charge in [-0.15, -0.1) is 0 Å². The van der Waals surface area contributed by atoms with Crippen molar-refractivity contribution in [1.29, 1.82) is 0 Å². The number of non-ortho nitro benzene ring substituents is 1. The molecular weight excluding hydrogens is 436 g/mol. The van der Waals surface area contributed by atoms with Crippen LogP contribution in [0.2, 0.25) is 0 Å². The van der Waals surface area contributed by atoms with Crippen molar-refractivity contribution in [3.63, 3.8) is 0 Å². The minimum atomic E-state index is -0.885. The summed E-state index contributed by atoms with van der Waals surface area (Å²) in [5.74, 6) is -1.02. The Bertz CT molecular complexity index is 1260. The average Bonchev–Trinajstić information content (AvgIpc) is 3.49. The van der Waals surface area contributed by atoms with Gasteiger partial charge >= 0.3 is 6.09 Å². The van der Waals surface area contributed by atoms with Gasteiger partial charge in [0.1, 0.15) is 12.6 Å². The molecule has 0 bridgehead atoms. The van der Waals surface area contributed by atoms with Gasteiger partial charge in [0.05, 0.1) is 28.8 Å². The molecule has 2 heterocycles. The molecule has 3 aromatic rings. The second kappa shape index (κ2) is 8.78. The van der Waals surface area contributed by atoms with E-state index in [2.05, 4.69) is 0 Å². The van der Waals surface area contributed by atoms with Crippen LogP contribution >= 0.6 is 0 Å². The fraction of sp³-hybridized carbons (Fsp3) is 0.160. The SMILES string of the molecule is O=C1OCCN1C(=O)[C@H]1[C@H](c2ccc([N+](=O)[O-])cc2)C(c2ccccc2)=NN1c1ccccc1. The normalized spacial score (nSPS) is 19.6. The van der Waals surface area contributed by atoms with Crippen LogP contribution in [-0.2, 0) is 9.53 Å². The molecule has 5 rings (SSSR count). The maximum atomic E-state index is 13.8. The Kier molecular flexibility index (Phi) is 5.51. The molecule has 0 unspecified atom stereocenters. The highest BCUT2D eigenvalue weighted by molar-refractivity contribution is 6.13. The number of imide groups is 1. The number of benzene rings is 3. The summed E-state index contributed by atoms with van der Waals surface area (Å²) >= 11 is 0. The fourth-order valence-corrected chi connectivity index (χ4v) is 4.32. The monoisotopic (exact) mass is 456 g/mol. The summed E-state index contributed by atoms with van der Waals surface area (Å²) in [6.45, 7) is 0.293. The molecule has 0 spiro atoms. The highest BCUT2D eigenvalue weighted by atomic mass is 16.6. The van der Waals surface area contributed by atoms with Crippen molar-refractivity contribution in [3.8, 4) is 0 Å². The third-order valence-corrected chi connectivity index (χ3v) is 5.92. The van der Waals surface area contributed by atoms with Crippen LogP contribution in [0.1, 0.15) is 17.0 Å². The Morgan fingerprint density at radius 2 is 1.62 bits per heavy atom. The number of hydrazone groups is 1. The van der Waals surface area contributed by atoms with E-state index in [1.807, 2.05) is 60.7 Å². The molecule has 0 aliphatic carbocycles. The first-order chi connectivity index (χ1) is 16.5. The van der Waals surface area contributed by atoms with E-state index in [1.54, 1.807) is 17.1 Å². The number of para-hydroxylation sites is 1. The van der Waals surface area contributed by atoms with E-state index in [4.69, 9.17) is 9.84 Å². The first kappa shape index (κ1) is 21.3. The molecule has 2 aliphatic heterocycles. The van der Waals surface area contributed by atoms with Gasteiger partial charge in [-0.2, -0.15) is 5.10 Å². The fourth-order valence-electron chi connectivity index (χ4n) is 4.32. The lowest BCUT2D eigenvalue weighted by Gasteiger charge is -2.29. The molecule has 2 atom stereocenters. The second-order valence-electron chi connectivity index (χ2n) is 7.91. The molecule has 2 amide bonds. The van der Waals surface area contributed by atoms with Crippen LogP contribution in [0.15, 0.2) is 90.0 Å². The summed E-state index contributed by atoms with van der Waals surface area (Å²) in [6, 6.07) is 23.9. The van der Waals surface area contributed by atoms with Gasteiger partial charge in [0.2, 0.25) is 0 Å². The van der Waals surface area contributed by atoms with E-state index in [0.29, 0.717) is 17.0 Å². The largest absolute Gasteiger partial charge is 0.447 e. The van der Waals surface area contributed by atoms with Crippen LogP contribution in [0.3, 0.4) is 0 Å². The van der Waals surface area contributed by atoms with Crippen molar-refractivity contribution in [3.05, 3.63) is 106 Å². The van der Waals surface area contributed by atoms with Crippen LogP contribution in [0.25, 0.3) is 0 Å². The van der Waals surface area contributed by atoms with Crippen molar-refractivity contribution in [2.24, 2.45) is 5.10 Å². The number of nitro benzene ring substituents is 1. The predicted molar refractivity (Wildman–Crippen MR) is 125 cm³/mol. The minimum Gasteiger partial charge on any atom is -0.447 e. The molecular formula is C25H20N4O5. The van der Waals surface area contributed by atoms with E-state index in [-0.39, 0.29) is 18.8 Å². The standard InChI is InChI=1S/C25H20N4O5/c30-24(27-15-16-34-25(27)31)23-21(17-11-13-20(14-12-17)29(32)33)22(18-7-3-1-4-8-18)26-28(23)19-9-5-2-6-10-19/h1-14,21,23H,15-16H2/t21-,23-/m1/s1. The summed E-state index contributed by atoms with van der Waals surface area (Å²) in [4.78, 5) is 37.9. The molecule has 3 aromatic carbocycles. The summed E-state index contributed by atoms with van der Waals surface area (Å²) < 4.78 is 5.02. The number of carbonyl (C=O) groups is 2. The number of carbonyl (C=O) groups excluding carboxylic acids is 2. The quantitative estimate of drug-likeness (QED) is 0.425. The van der Waals surface area contributed by atoms with Gasteiger partial charge in [-0.05, 0) is 23.3 Å². The van der Waals surface area contributed by atoms with Gasteiger partial charge in [0.25, 0.3) is 11.6 Å². The second-order valence-corrected chi connectivity index (χ2v) is 7.91. The molecule has 2 aliphatic rings. The van der Waals surface area contributed by atoms with E-state index in [0.717, 1.165) is 10.5 Å². The summed E-state index contributed by atoms with van der Waals surface area (Å²) in [5, 5.41) is 17.7. The number of nitrogens with zero attached hydrogens (tertiary/aromatic N) is 4. The van der Waals surface area contributed by atoms with E-state index in [1.165, 1.54) is 12.1 Å². The van der Waals surface area contributed by atoms with Gasteiger partial charge in [-0.25, -0.2) is 9.69 Å². The highest BCUT2D eigenvalue weighted by Crippen LogP contribution is 2.39. The number of amides is 2. The molecule has 1 fully saturated rings. The zero-order valence-corrected chi connectivity index (χ0v) is 18.0. The van der Waals surface area contributed by atoms with Crippen molar-refractivity contribution in [2.75, 3.05) is 18.2 Å². The lowest BCUT2D eigenvalue weighted by atomic mass is 9.84. The van der Waals surface area contributed by atoms with Gasteiger partial charge in [0.15, 0.2) is 0 Å². The Morgan fingerprint density at radius 3 is 2.21 bits per heavy atom. The van der Waals surface area contributed by atoms with Crippen molar-refractivity contribution < 1.29 is 19.2 Å². The van der Waals surface area contributed by atoms with Gasteiger partial charge < -0.3 is 4.74 Å². The Balaban J connectivity index is 1.67. The lowest BCUT2D eigenvalue weighted by Crippen LogP contribution is -2.48. The Morgan fingerprint density at radius 1 is 0.971 bits per heavy atom. The third kappa shape index (κ3) is 3.77. The molecule has 0 radical (unpaired) electrons. The molecule has 9 heteroatoms. The lowest BCUT2D eigenvalue weighted by molar-refractivity contribution is -0.384. The van der Waals surface area contributed by atoms with Crippen LogP contribution in [0.4, 0.5) is 16.2 Å². The summed E-state index contributed by atoms with van der Waals surface area (Å²) in [7, 11) is 0. The maximum absolute atomic E-state index is 13.8. The first-order valence-corrected chi connectivity index (χ1v) is 10.8. The predicted octanol–water partition coefficient (Wildman–Crippen LogP) is 3.95. The van der Waals surface area contributed by atoms with E-state index >= 15 is 0 Å².